The minimum atomic E-state index is -4.51. The fourth-order valence-electron chi connectivity index (χ4n) is 2.67. The highest BCUT2D eigenvalue weighted by molar-refractivity contribution is 5.61. The number of methoxy groups -OCH3 is 1. The number of ether oxygens (including phenoxy) is 1. The largest absolute Gasteiger partial charge is 0.497 e. The van der Waals surface area contributed by atoms with E-state index in [2.05, 4.69) is 21.5 Å². The van der Waals surface area contributed by atoms with E-state index in [1.165, 1.54) is 13.2 Å². The summed E-state index contributed by atoms with van der Waals surface area (Å²) in [4.78, 5) is 4.13. The Hall–Kier alpha value is -3.54. The number of halogens is 3. The van der Waals surface area contributed by atoms with Gasteiger partial charge < -0.3 is 10.1 Å². The van der Waals surface area contributed by atoms with Gasteiger partial charge in [-0.15, -0.1) is 5.10 Å². The van der Waals surface area contributed by atoms with Crippen LogP contribution >= 0.6 is 0 Å². The van der Waals surface area contributed by atoms with E-state index in [4.69, 9.17) is 10.00 Å². The van der Waals surface area contributed by atoms with Gasteiger partial charge in [-0.2, -0.15) is 18.4 Å². The van der Waals surface area contributed by atoms with Crippen LogP contribution in [-0.4, -0.2) is 21.9 Å². The van der Waals surface area contributed by atoms with Gasteiger partial charge in [0.05, 0.1) is 36.5 Å². The van der Waals surface area contributed by atoms with Gasteiger partial charge in [-0.25, -0.2) is 4.68 Å². The lowest BCUT2D eigenvalue weighted by molar-refractivity contribution is -0.137. The highest BCUT2D eigenvalue weighted by Crippen LogP contribution is 2.35. The highest BCUT2D eigenvalue weighted by Gasteiger charge is 2.31. The van der Waals surface area contributed by atoms with Crippen molar-refractivity contribution >= 4 is 11.5 Å². The first-order valence-electron chi connectivity index (χ1n) is 8.22. The maximum atomic E-state index is 13.1. The van der Waals surface area contributed by atoms with Crippen LogP contribution in [0.4, 0.5) is 24.7 Å². The molecule has 0 unspecified atom stereocenters. The van der Waals surface area contributed by atoms with Crippen LogP contribution in [0.1, 0.15) is 17.0 Å². The number of aromatic nitrogens is 3. The monoisotopic (exact) mass is 387 g/mol. The Balaban J connectivity index is 1.99. The van der Waals surface area contributed by atoms with Crippen molar-refractivity contribution in [3.05, 3.63) is 59.5 Å². The average molecular weight is 387 g/mol. The highest BCUT2D eigenvalue weighted by atomic mass is 19.4. The molecule has 3 rings (SSSR count). The fraction of sp³-hybridized carbons (Fsp3) is 0.211. The summed E-state index contributed by atoms with van der Waals surface area (Å²) < 4.78 is 45.8. The van der Waals surface area contributed by atoms with Gasteiger partial charge in [0.15, 0.2) is 5.82 Å². The van der Waals surface area contributed by atoms with Gasteiger partial charge in [0.25, 0.3) is 0 Å². The lowest BCUT2D eigenvalue weighted by Crippen LogP contribution is -2.06. The van der Waals surface area contributed by atoms with E-state index in [9.17, 15) is 13.2 Å². The molecule has 6 nitrogen and oxygen atoms in total. The van der Waals surface area contributed by atoms with Gasteiger partial charge >= 0.3 is 6.18 Å². The summed E-state index contributed by atoms with van der Waals surface area (Å²) in [5.41, 5.74) is 1.40. The second-order valence-electron chi connectivity index (χ2n) is 6.00. The molecule has 0 bridgehead atoms. The lowest BCUT2D eigenvalue weighted by Gasteiger charge is -2.12. The van der Waals surface area contributed by atoms with Crippen LogP contribution in [0, 0.1) is 18.3 Å². The molecule has 0 radical (unpaired) electrons. The summed E-state index contributed by atoms with van der Waals surface area (Å²) in [6.45, 7) is 1.82. The van der Waals surface area contributed by atoms with Crippen molar-refractivity contribution in [2.75, 3.05) is 12.4 Å². The van der Waals surface area contributed by atoms with Gasteiger partial charge in [0.1, 0.15) is 5.75 Å². The van der Waals surface area contributed by atoms with Crippen LogP contribution < -0.4 is 10.1 Å². The molecular weight excluding hydrogens is 371 g/mol. The number of rotatable bonds is 5. The number of aryl methyl sites for hydroxylation is 1. The first kappa shape index (κ1) is 19.2. The minimum Gasteiger partial charge on any atom is -0.497 e. The molecule has 3 aromatic rings. The smallest absolute Gasteiger partial charge is 0.416 e. The number of hydrogen-bond acceptors (Lipinski definition) is 5. The normalized spacial score (nSPS) is 11.1. The molecule has 0 saturated carbocycles. The van der Waals surface area contributed by atoms with Crippen LogP contribution in [0.25, 0.3) is 5.69 Å². The number of nitrogens with one attached hydrogen (secondary N) is 1. The van der Waals surface area contributed by atoms with Gasteiger partial charge in [-0.05, 0) is 31.2 Å². The number of nitriles is 1. The van der Waals surface area contributed by atoms with Crippen LogP contribution in [0.2, 0.25) is 0 Å². The zero-order valence-corrected chi connectivity index (χ0v) is 15.1. The molecule has 0 atom stereocenters. The molecule has 144 valence electrons. The fourth-order valence-corrected chi connectivity index (χ4v) is 2.67. The first-order chi connectivity index (χ1) is 13.3. The molecule has 0 saturated heterocycles. The van der Waals surface area contributed by atoms with Crippen LogP contribution in [-0.2, 0) is 12.6 Å². The molecule has 1 N–H and O–H groups in total. The number of pyridine rings is 1. The van der Waals surface area contributed by atoms with E-state index in [1.807, 2.05) is 6.92 Å². The van der Waals surface area contributed by atoms with Crippen molar-refractivity contribution in [3.8, 4) is 17.5 Å². The van der Waals surface area contributed by atoms with Crippen molar-refractivity contribution in [1.82, 2.24) is 14.8 Å². The topological polar surface area (TPSA) is 75.8 Å². The molecule has 0 aliphatic rings. The third kappa shape index (κ3) is 4.23. The predicted octanol–water partition coefficient (Wildman–Crippen LogP) is 4.41. The molecule has 0 aliphatic heterocycles. The first-order valence-corrected chi connectivity index (χ1v) is 8.22. The Labute approximate surface area is 159 Å². The summed E-state index contributed by atoms with van der Waals surface area (Å²) >= 11 is 0. The summed E-state index contributed by atoms with van der Waals surface area (Å²) in [5.74, 6) is 0.375. The SMILES string of the molecule is COc1cc(Nc2cc(CC#N)n(-c3ccnc(C)c3)n2)cc(C(F)(F)F)c1. The average Bonchev–Trinajstić information content (AvgIpc) is 3.03. The van der Waals surface area contributed by atoms with Gasteiger partial charge in [-0.1, -0.05) is 0 Å². The van der Waals surface area contributed by atoms with E-state index < -0.39 is 11.7 Å². The molecule has 2 heterocycles. The molecular formula is C19H16F3N5O. The zero-order valence-electron chi connectivity index (χ0n) is 15.1. The van der Waals surface area contributed by atoms with Gasteiger partial charge in [0.2, 0.25) is 0 Å². The maximum absolute atomic E-state index is 13.1. The Morgan fingerprint density at radius 2 is 2.00 bits per heavy atom. The molecule has 1 aromatic carbocycles. The Bertz CT molecular complexity index is 1040. The van der Waals surface area contributed by atoms with Crippen molar-refractivity contribution in [2.24, 2.45) is 0 Å². The van der Waals surface area contributed by atoms with Crippen LogP contribution in [0.15, 0.2) is 42.6 Å². The van der Waals surface area contributed by atoms with Gasteiger partial charge in [0, 0.05) is 29.7 Å². The summed E-state index contributed by atoms with van der Waals surface area (Å²) in [7, 11) is 1.30. The number of benzene rings is 1. The summed E-state index contributed by atoms with van der Waals surface area (Å²) in [6.07, 6.45) is -2.81. The second kappa shape index (κ2) is 7.60. The molecule has 9 heteroatoms. The van der Waals surface area contributed by atoms with Crippen molar-refractivity contribution in [2.45, 2.75) is 19.5 Å². The third-order valence-corrected chi connectivity index (χ3v) is 3.91. The van der Waals surface area contributed by atoms with E-state index in [0.717, 1.165) is 17.8 Å². The van der Waals surface area contributed by atoms with E-state index in [0.29, 0.717) is 17.2 Å². The molecule has 0 amide bonds. The molecule has 28 heavy (non-hydrogen) atoms. The van der Waals surface area contributed by atoms with Crippen LogP contribution in [0.3, 0.4) is 0 Å². The number of nitrogens with zero attached hydrogens (tertiary/aromatic N) is 4. The van der Waals surface area contributed by atoms with E-state index >= 15 is 0 Å². The molecule has 0 aliphatic carbocycles. The number of alkyl halides is 3. The van der Waals surface area contributed by atoms with Crippen molar-refractivity contribution in [3.63, 3.8) is 0 Å². The van der Waals surface area contributed by atoms with Crippen molar-refractivity contribution in [1.29, 1.82) is 5.26 Å². The third-order valence-electron chi connectivity index (χ3n) is 3.91. The predicted molar refractivity (Wildman–Crippen MR) is 96.7 cm³/mol. The number of anilines is 2. The van der Waals surface area contributed by atoms with Crippen molar-refractivity contribution < 1.29 is 17.9 Å². The Kier molecular flexibility index (Phi) is 5.22. The molecule has 0 fully saturated rings. The van der Waals surface area contributed by atoms with Gasteiger partial charge in [-0.3, -0.25) is 4.98 Å². The van der Waals surface area contributed by atoms with E-state index in [1.54, 1.807) is 29.1 Å². The summed E-state index contributed by atoms with van der Waals surface area (Å²) in [5, 5.41) is 16.3. The van der Waals surface area contributed by atoms with Crippen LogP contribution in [0.5, 0.6) is 5.75 Å². The minimum absolute atomic E-state index is 0.0683. The van der Waals surface area contributed by atoms with E-state index in [-0.39, 0.29) is 17.9 Å². The zero-order chi connectivity index (χ0) is 20.3. The lowest BCUT2D eigenvalue weighted by atomic mass is 10.1. The summed E-state index contributed by atoms with van der Waals surface area (Å²) in [6, 6.07) is 10.5. The molecule has 2 aromatic heterocycles. The quantitative estimate of drug-likeness (QED) is 0.702. The Morgan fingerprint density at radius 3 is 2.64 bits per heavy atom. The Morgan fingerprint density at radius 1 is 1.21 bits per heavy atom. The molecule has 0 spiro atoms. The number of hydrogen-bond donors (Lipinski definition) is 1. The maximum Gasteiger partial charge on any atom is 0.416 e. The standard InChI is InChI=1S/C19H16F3N5O/c1-12-7-16(4-6-24-12)27-15(3-5-23)11-18(26-27)25-14-8-13(19(20,21)22)9-17(10-14)28-2/h4,6-11H,3H2,1-2H3,(H,25,26). The second-order valence-corrected chi connectivity index (χ2v) is 6.00.